The van der Waals surface area contributed by atoms with Crippen LogP contribution in [0.4, 0.5) is 4.39 Å². The molecule has 0 saturated carbocycles. The van der Waals surface area contributed by atoms with Crippen molar-refractivity contribution in [1.82, 2.24) is 5.43 Å². The van der Waals surface area contributed by atoms with Gasteiger partial charge in [0.15, 0.2) is 6.10 Å². The largest absolute Gasteiger partial charge is 0.480 e. The maximum atomic E-state index is 13.4. The number of ether oxygens (including phenoxy) is 1. The van der Waals surface area contributed by atoms with Crippen LogP contribution in [0.15, 0.2) is 58.1 Å². The molecule has 2 aromatic carbocycles. The Labute approximate surface area is 136 Å². The molecule has 4 nitrogen and oxygen atoms in total. The molecule has 0 aliphatic rings. The minimum atomic E-state index is -0.739. The molecule has 0 aromatic heterocycles. The van der Waals surface area contributed by atoms with Crippen molar-refractivity contribution in [2.45, 2.75) is 13.0 Å². The van der Waals surface area contributed by atoms with E-state index in [9.17, 15) is 9.18 Å². The molecule has 0 saturated heterocycles. The number of para-hydroxylation sites is 1. The van der Waals surface area contributed by atoms with Crippen molar-refractivity contribution in [3.8, 4) is 5.75 Å². The van der Waals surface area contributed by atoms with E-state index in [1.807, 2.05) is 12.1 Å². The summed E-state index contributed by atoms with van der Waals surface area (Å²) in [5.74, 6) is -0.274. The lowest BCUT2D eigenvalue weighted by Gasteiger charge is -2.13. The summed E-state index contributed by atoms with van der Waals surface area (Å²) < 4.78 is 19.7. The van der Waals surface area contributed by atoms with Crippen LogP contribution in [0.2, 0.25) is 0 Å². The van der Waals surface area contributed by atoms with Crippen LogP contribution in [0.3, 0.4) is 0 Å². The number of amides is 1. The van der Waals surface area contributed by atoms with E-state index < -0.39 is 17.8 Å². The Morgan fingerprint density at radius 1 is 1.27 bits per heavy atom. The molecule has 6 heteroatoms. The van der Waals surface area contributed by atoms with Crippen LogP contribution in [0.25, 0.3) is 0 Å². The van der Waals surface area contributed by atoms with Gasteiger partial charge in [0.1, 0.15) is 11.6 Å². The van der Waals surface area contributed by atoms with E-state index in [1.54, 1.807) is 37.3 Å². The number of nitrogens with zero attached hydrogens (tertiary/aromatic N) is 1. The number of halogens is 2. The second-order valence-corrected chi connectivity index (χ2v) is 5.30. The molecule has 1 atom stereocenters. The molecule has 2 aromatic rings. The van der Waals surface area contributed by atoms with Gasteiger partial charge < -0.3 is 4.74 Å². The number of carbonyl (C=O) groups is 1. The average molecular weight is 365 g/mol. The van der Waals surface area contributed by atoms with Crippen molar-refractivity contribution in [3.63, 3.8) is 0 Å². The van der Waals surface area contributed by atoms with E-state index >= 15 is 0 Å². The van der Waals surface area contributed by atoms with Crippen molar-refractivity contribution < 1.29 is 13.9 Å². The van der Waals surface area contributed by atoms with Gasteiger partial charge in [-0.25, -0.2) is 9.82 Å². The lowest BCUT2D eigenvalue weighted by atomic mass is 10.2. The minimum Gasteiger partial charge on any atom is -0.480 e. The minimum absolute atomic E-state index is 0.294. The molecule has 0 radical (unpaired) electrons. The highest BCUT2D eigenvalue weighted by Crippen LogP contribution is 2.24. The highest BCUT2D eigenvalue weighted by molar-refractivity contribution is 9.10. The summed E-state index contributed by atoms with van der Waals surface area (Å²) in [6.07, 6.45) is 0.509. The number of benzene rings is 2. The van der Waals surface area contributed by atoms with Crippen molar-refractivity contribution >= 4 is 28.1 Å². The van der Waals surface area contributed by atoms with Gasteiger partial charge >= 0.3 is 0 Å². The summed E-state index contributed by atoms with van der Waals surface area (Å²) >= 11 is 3.34. The van der Waals surface area contributed by atoms with Gasteiger partial charge in [-0.3, -0.25) is 4.79 Å². The third kappa shape index (κ3) is 4.39. The second kappa shape index (κ2) is 7.70. The Morgan fingerprint density at radius 3 is 2.68 bits per heavy atom. The van der Waals surface area contributed by atoms with Gasteiger partial charge in [0.25, 0.3) is 5.91 Å². The van der Waals surface area contributed by atoms with E-state index in [1.165, 1.54) is 12.3 Å². The molecule has 0 aliphatic heterocycles. The fourth-order valence-corrected chi connectivity index (χ4v) is 2.00. The fraction of sp³-hybridized carbons (Fsp3) is 0.125. The van der Waals surface area contributed by atoms with Crippen LogP contribution in [-0.4, -0.2) is 18.2 Å². The maximum Gasteiger partial charge on any atom is 0.280 e. The van der Waals surface area contributed by atoms with Gasteiger partial charge in [0.05, 0.1) is 10.7 Å². The third-order valence-corrected chi connectivity index (χ3v) is 3.45. The van der Waals surface area contributed by atoms with E-state index in [2.05, 4.69) is 26.5 Å². The van der Waals surface area contributed by atoms with Gasteiger partial charge in [-0.15, -0.1) is 0 Å². The fourth-order valence-electron chi connectivity index (χ4n) is 1.62. The van der Waals surface area contributed by atoms with Gasteiger partial charge in [-0.1, -0.05) is 30.3 Å². The Balaban J connectivity index is 1.92. The molecule has 0 unspecified atom stereocenters. The first-order chi connectivity index (χ1) is 10.6. The zero-order chi connectivity index (χ0) is 15.9. The Kier molecular flexibility index (Phi) is 5.66. The molecule has 114 valence electrons. The van der Waals surface area contributed by atoms with Gasteiger partial charge in [-0.05, 0) is 41.1 Å². The topological polar surface area (TPSA) is 50.7 Å². The van der Waals surface area contributed by atoms with Crippen LogP contribution in [0.5, 0.6) is 5.75 Å². The van der Waals surface area contributed by atoms with E-state index in [0.717, 1.165) is 4.47 Å². The highest BCUT2D eigenvalue weighted by atomic mass is 79.9. The van der Waals surface area contributed by atoms with Gasteiger partial charge in [0.2, 0.25) is 0 Å². The number of carbonyl (C=O) groups excluding carboxylic acids is 1. The lowest BCUT2D eigenvalue weighted by molar-refractivity contribution is -0.127. The smallest absolute Gasteiger partial charge is 0.280 e. The molecule has 0 fully saturated rings. The molecule has 0 heterocycles. The first kappa shape index (κ1) is 16.2. The summed E-state index contributed by atoms with van der Waals surface area (Å²) in [7, 11) is 0. The summed E-state index contributed by atoms with van der Waals surface area (Å²) in [6.45, 7) is 1.60. The lowest BCUT2D eigenvalue weighted by Crippen LogP contribution is -2.33. The molecular formula is C16H14BrFN2O2. The number of hydrogen-bond donors (Lipinski definition) is 1. The summed E-state index contributed by atoms with van der Waals surface area (Å²) in [5.41, 5.74) is 2.62. The molecule has 0 aliphatic carbocycles. The number of rotatable bonds is 5. The predicted octanol–water partition coefficient (Wildman–Crippen LogP) is 3.51. The van der Waals surface area contributed by atoms with Crippen LogP contribution in [0, 0.1) is 5.82 Å². The first-order valence-corrected chi connectivity index (χ1v) is 7.36. The Morgan fingerprint density at radius 2 is 1.95 bits per heavy atom. The summed E-state index contributed by atoms with van der Waals surface area (Å²) in [4.78, 5) is 11.9. The zero-order valence-electron chi connectivity index (χ0n) is 11.8. The van der Waals surface area contributed by atoms with Crippen molar-refractivity contribution in [3.05, 3.63) is 64.4 Å². The van der Waals surface area contributed by atoms with Crippen molar-refractivity contribution in [2.24, 2.45) is 5.10 Å². The Hall–Kier alpha value is -2.21. The van der Waals surface area contributed by atoms with E-state index in [0.29, 0.717) is 11.3 Å². The van der Waals surface area contributed by atoms with Crippen LogP contribution >= 0.6 is 15.9 Å². The number of nitrogens with one attached hydrogen (secondary N) is 1. The molecule has 22 heavy (non-hydrogen) atoms. The molecule has 0 spiro atoms. The third-order valence-electron chi connectivity index (χ3n) is 2.79. The molecular weight excluding hydrogens is 351 g/mol. The first-order valence-electron chi connectivity index (χ1n) is 6.56. The second-order valence-electron chi connectivity index (χ2n) is 4.45. The maximum absolute atomic E-state index is 13.4. The summed E-state index contributed by atoms with van der Waals surface area (Å²) in [5, 5.41) is 3.73. The van der Waals surface area contributed by atoms with Crippen LogP contribution in [0.1, 0.15) is 12.5 Å². The molecule has 1 amide bonds. The SMILES string of the molecule is C[C@@H](Oc1ccccc1Br)C(=O)N/N=C\c1ccccc1F. The van der Waals surface area contributed by atoms with Gasteiger partial charge in [-0.2, -0.15) is 5.10 Å². The van der Waals surface area contributed by atoms with Crippen LogP contribution < -0.4 is 10.2 Å². The standard InChI is InChI=1S/C16H14BrFN2O2/c1-11(22-15-9-5-3-7-13(15)17)16(21)20-19-10-12-6-2-4-8-14(12)18/h2-11H,1H3,(H,20,21)/b19-10-/t11-/m1/s1. The molecule has 1 N–H and O–H groups in total. The zero-order valence-corrected chi connectivity index (χ0v) is 13.4. The Bertz CT molecular complexity index is 691. The number of hydrazone groups is 1. The van der Waals surface area contributed by atoms with E-state index in [-0.39, 0.29) is 0 Å². The number of hydrogen-bond acceptors (Lipinski definition) is 3. The van der Waals surface area contributed by atoms with E-state index in [4.69, 9.17) is 4.74 Å². The van der Waals surface area contributed by atoms with Crippen molar-refractivity contribution in [2.75, 3.05) is 0 Å². The molecule has 2 rings (SSSR count). The van der Waals surface area contributed by atoms with Crippen molar-refractivity contribution in [1.29, 1.82) is 0 Å². The average Bonchev–Trinajstić information content (AvgIpc) is 2.51. The van der Waals surface area contributed by atoms with Gasteiger partial charge in [0, 0.05) is 5.56 Å². The monoisotopic (exact) mass is 364 g/mol. The quantitative estimate of drug-likeness (QED) is 0.651. The predicted molar refractivity (Wildman–Crippen MR) is 86.4 cm³/mol. The highest BCUT2D eigenvalue weighted by Gasteiger charge is 2.15. The molecule has 0 bridgehead atoms. The normalized spacial score (nSPS) is 12.1. The summed E-state index contributed by atoms with van der Waals surface area (Å²) in [6, 6.07) is 13.4. The van der Waals surface area contributed by atoms with Crippen LogP contribution in [-0.2, 0) is 4.79 Å².